The van der Waals surface area contributed by atoms with Crippen LogP contribution in [0.15, 0.2) is 0 Å². The van der Waals surface area contributed by atoms with Gasteiger partial charge in [-0.3, -0.25) is 4.79 Å². The molecule has 0 aliphatic carbocycles. The van der Waals surface area contributed by atoms with Crippen LogP contribution in [0.5, 0.6) is 0 Å². The lowest BCUT2D eigenvalue weighted by Gasteiger charge is -2.26. The zero-order chi connectivity index (χ0) is 14.3. The molecule has 0 heterocycles. The van der Waals surface area contributed by atoms with Crippen molar-refractivity contribution in [1.29, 1.82) is 0 Å². The summed E-state index contributed by atoms with van der Waals surface area (Å²) >= 11 is 0. The van der Waals surface area contributed by atoms with Gasteiger partial charge in [-0.1, -0.05) is 20.3 Å². The molecule has 0 aromatic rings. The first-order valence-electron chi connectivity index (χ1n) is 6.37. The molecule has 2 N–H and O–H groups in total. The zero-order valence-electron chi connectivity index (χ0n) is 11.9. The first-order chi connectivity index (χ1) is 8.15. The first kappa shape index (κ1) is 16.7. The van der Waals surface area contributed by atoms with E-state index in [9.17, 15) is 9.59 Å². The molecular weight excluding hydrogens is 234 g/mol. The maximum absolute atomic E-state index is 11.7. The van der Waals surface area contributed by atoms with Crippen molar-refractivity contribution >= 4 is 12.1 Å². The third-order valence-electron chi connectivity index (χ3n) is 2.70. The Bertz CT molecular complexity index is 283. The van der Waals surface area contributed by atoms with Gasteiger partial charge in [0.15, 0.2) is 0 Å². The molecule has 5 nitrogen and oxygen atoms in total. The number of carboxylic acids is 1. The number of amides is 1. The molecule has 0 radical (unpaired) electrons. The molecule has 0 saturated heterocycles. The van der Waals surface area contributed by atoms with Gasteiger partial charge in [0.1, 0.15) is 5.60 Å². The molecule has 0 saturated carbocycles. The minimum Gasteiger partial charge on any atom is -0.481 e. The first-order valence-corrected chi connectivity index (χ1v) is 6.37. The average Bonchev–Trinajstić information content (AvgIpc) is 2.20. The smallest absolute Gasteiger partial charge is 0.407 e. The summed E-state index contributed by atoms with van der Waals surface area (Å²) in [4.78, 5) is 22.2. The SMILES string of the molecule is CCC(C)[C@@H](CCC(=O)O)NC(=O)OC(C)(C)C. The molecule has 1 amide bonds. The van der Waals surface area contributed by atoms with Crippen molar-refractivity contribution in [3.63, 3.8) is 0 Å². The average molecular weight is 259 g/mol. The van der Waals surface area contributed by atoms with Crippen LogP contribution in [-0.2, 0) is 9.53 Å². The minimum absolute atomic E-state index is 0.0464. The van der Waals surface area contributed by atoms with E-state index in [0.717, 1.165) is 6.42 Å². The number of aliphatic carboxylic acids is 1. The maximum atomic E-state index is 11.7. The number of carboxylic acid groups (broad SMARTS) is 1. The quantitative estimate of drug-likeness (QED) is 0.769. The monoisotopic (exact) mass is 259 g/mol. The summed E-state index contributed by atoms with van der Waals surface area (Å²) in [6.45, 7) is 9.38. The highest BCUT2D eigenvalue weighted by Gasteiger charge is 2.22. The lowest BCUT2D eigenvalue weighted by atomic mass is 9.95. The summed E-state index contributed by atoms with van der Waals surface area (Å²) in [5.74, 6) is -0.633. The van der Waals surface area contributed by atoms with Crippen molar-refractivity contribution < 1.29 is 19.4 Å². The number of alkyl carbamates (subject to hydrolysis) is 1. The molecule has 0 spiro atoms. The standard InChI is InChI=1S/C13H25NO4/c1-6-9(2)10(7-8-11(15)16)14-12(17)18-13(3,4)5/h9-10H,6-8H2,1-5H3,(H,14,17)(H,15,16)/t9?,10-/m1/s1. The molecule has 0 aromatic carbocycles. The topological polar surface area (TPSA) is 75.6 Å². The number of nitrogens with one attached hydrogen (secondary N) is 1. The minimum atomic E-state index is -0.853. The van der Waals surface area contributed by atoms with Gasteiger partial charge < -0.3 is 15.2 Å². The maximum Gasteiger partial charge on any atom is 0.407 e. The molecule has 5 heteroatoms. The second-order valence-electron chi connectivity index (χ2n) is 5.57. The largest absolute Gasteiger partial charge is 0.481 e. The highest BCUT2D eigenvalue weighted by molar-refractivity contribution is 5.69. The van der Waals surface area contributed by atoms with Gasteiger partial charge in [-0.15, -0.1) is 0 Å². The van der Waals surface area contributed by atoms with E-state index in [0.29, 0.717) is 6.42 Å². The Hall–Kier alpha value is -1.26. The normalized spacial score (nSPS) is 14.7. The highest BCUT2D eigenvalue weighted by atomic mass is 16.6. The van der Waals surface area contributed by atoms with Crippen LogP contribution in [-0.4, -0.2) is 28.8 Å². The van der Waals surface area contributed by atoms with Crippen molar-refractivity contribution in [2.24, 2.45) is 5.92 Å². The van der Waals surface area contributed by atoms with Crippen molar-refractivity contribution in [2.45, 2.75) is 65.5 Å². The predicted molar refractivity (Wildman–Crippen MR) is 69.5 cm³/mol. The van der Waals surface area contributed by atoms with Crippen LogP contribution in [0.25, 0.3) is 0 Å². The van der Waals surface area contributed by atoms with Crippen molar-refractivity contribution in [3.05, 3.63) is 0 Å². The van der Waals surface area contributed by atoms with E-state index in [-0.39, 0.29) is 18.4 Å². The third-order valence-corrected chi connectivity index (χ3v) is 2.70. The van der Waals surface area contributed by atoms with Crippen molar-refractivity contribution in [1.82, 2.24) is 5.32 Å². The van der Waals surface area contributed by atoms with Crippen LogP contribution < -0.4 is 5.32 Å². The summed E-state index contributed by atoms with van der Waals surface area (Å²) in [5.41, 5.74) is -0.545. The molecular formula is C13H25NO4. The predicted octanol–water partition coefficient (Wildman–Crippen LogP) is 2.79. The number of hydrogen-bond acceptors (Lipinski definition) is 3. The summed E-state index contributed by atoms with van der Waals surface area (Å²) < 4.78 is 5.17. The van der Waals surface area contributed by atoms with E-state index in [1.807, 2.05) is 13.8 Å². The van der Waals surface area contributed by atoms with Gasteiger partial charge in [0.2, 0.25) is 0 Å². The van der Waals surface area contributed by atoms with Crippen LogP contribution >= 0.6 is 0 Å². The van der Waals surface area contributed by atoms with Crippen molar-refractivity contribution in [3.8, 4) is 0 Å². The molecule has 0 aliphatic heterocycles. The van der Waals surface area contributed by atoms with Crippen molar-refractivity contribution in [2.75, 3.05) is 0 Å². The summed E-state index contributed by atoms with van der Waals surface area (Å²) in [6, 6.07) is -0.166. The van der Waals surface area contributed by atoms with Crippen LogP contribution in [0, 0.1) is 5.92 Å². The molecule has 106 valence electrons. The van der Waals surface area contributed by atoms with Crippen LogP contribution in [0.3, 0.4) is 0 Å². The fraction of sp³-hybridized carbons (Fsp3) is 0.846. The highest BCUT2D eigenvalue weighted by Crippen LogP contribution is 2.14. The summed E-state index contributed by atoms with van der Waals surface area (Å²) in [7, 11) is 0. The Labute approximate surface area is 109 Å². The number of ether oxygens (including phenoxy) is 1. The number of carbonyl (C=O) groups is 2. The van der Waals surface area contributed by atoms with Gasteiger partial charge in [0.25, 0.3) is 0 Å². The molecule has 0 aliphatic rings. The third kappa shape index (κ3) is 7.92. The van der Waals surface area contributed by atoms with E-state index in [2.05, 4.69) is 5.32 Å². The number of rotatable bonds is 6. The Balaban J connectivity index is 4.40. The molecule has 0 bridgehead atoms. The molecule has 0 fully saturated rings. The second-order valence-corrected chi connectivity index (χ2v) is 5.57. The fourth-order valence-corrected chi connectivity index (χ4v) is 1.52. The van der Waals surface area contributed by atoms with Crippen LogP contribution in [0.1, 0.15) is 53.9 Å². The zero-order valence-corrected chi connectivity index (χ0v) is 11.9. The van der Waals surface area contributed by atoms with Gasteiger partial charge >= 0.3 is 12.1 Å². The molecule has 1 unspecified atom stereocenters. The van der Waals surface area contributed by atoms with E-state index >= 15 is 0 Å². The van der Waals surface area contributed by atoms with E-state index in [4.69, 9.17) is 9.84 Å². The Morgan fingerprint density at radius 3 is 2.28 bits per heavy atom. The van der Waals surface area contributed by atoms with Gasteiger partial charge in [-0.05, 0) is 33.1 Å². The van der Waals surface area contributed by atoms with Gasteiger partial charge in [0.05, 0.1) is 0 Å². The second kappa shape index (κ2) is 7.24. The number of carbonyl (C=O) groups excluding carboxylic acids is 1. The Morgan fingerprint density at radius 2 is 1.89 bits per heavy atom. The van der Waals surface area contributed by atoms with Gasteiger partial charge in [-0.2, -0.15) is 0 Å². The molecule has 0 aromatic heterocycles. The number of hydrogen-bond donors (Lipinski definition) is 2. The fourth-order valence-electron chi connectivity index (χ4n) is 1.52. The lowest BCUT2D eigenvalue weighted by molar-refractivity contribution is -0.137. The summed E-state index contributed by atoms with van der Waals surface area (Å²) in [5, 5.41) is 11.4. The van der Waals surface area contributed by atoms with E-state index < -0.39 is 17.7 Å². The van der Waals surface area contributed by atoms with E-state index in [1.165, 1.54) is 0 Å². The van der Waals surface area contributed by atoms with Gasteiger partial charge in [0, 0.05) is 12.5 Å². The van der Waals surface area contributed by atoms with Gasteiger partial charge in [-0.25, -0.2) is 4.79 Å². The Morgan fingerprint density at radius 1 is 1.33 bits per heavy atom. The molecule has 2 atom stereocenters. The van der Waals surface area contributed by atoms with Crippen LogP contribution in [0.4, 0.5) is 4.79 Å². The van der Waals surface area contributed by atoms with E-state index in [1.54, 1.807) is 20.8 Å². The molecule has 18 heavy (non-hydrogen) atoms. The molecule has 0 rings (SSSR count). The lowest BCUT2D eigenvalue weighted by Crippen LogP contribution is -2.42. The Kier molecular flexibility index (Phi) is 6.73. The van der Waals surface area contributed by atoms with Crippen LogP contribution in [0.2, 0.25) is 0 Å². The summed E-state index contributed by atoms with van der Waals surface area (Å²) in [6.07, 6.45) is 0.854.